The summed E-state index contributed by atoms with van der Waals surface area (Å²) in [7, 11) is 5.73. The molecule has 4 heteroatoms. The van der Waals surface area contributed by atoms with Crippen LogP contribution in [0.3, 0.4) is 0 Å². The number of hydrogen-bond donors (Lipinski definition) is 3. The molecule has 4 nitrogen and oxygen atoms in total. The zero-order valence-electron chi connectivity index (χ0n) is 10.8. The largest absolute Gasteiger partial charge is 0.388 e. The standard InChI is InChI=1S/C12H22N4/c1-8(2)6-9-10(13-3)7-11(14-4)16-12(9)15-5/h7-8H,6H2,1-5H3,(H3,13,14,15,16). The third-order valence-corrected chi connectivity index (χ3v) is 2.50. The Balaban J connectivity index is 3.20. The lowest BCUT2D eigenvalue weighted by Gasteiger charge is -2.17. The van der Waals surface area contributed by atoms with Gasteiger partial charge in [-0.25, -0.2) is 4.98 Å². The lowest BCUT2D eigenvalue weighted by molar-refractivity contribution is 0.647. The molecule has 3 N–H and O–H groups in total. The fraction of sp³-hybridized carbons (Fsp3) is 0.583. The van der Waals surface area contributed by atoms with Gasteiger partial charge in [0.15, 0.2) is 0 Å². The molecule has 0 spiro atoms. The van der Waals surface area contributed by atoms with Crippen molar-refractivity contribution in [3.63, 3.8) is 0 Å². The molecule has 0 aromatic carbocycles. The number of pyridine rings is 1. The summed E-state index contributed by atoms with van der Waals surface area (Å²) in [6.45, 7) is 4.43. The van der Waals surface area contributed by atoms with Crippen molar-refractivity contribution in [1.82, 2.24) is 4.98 Å². The number of rotatable bonds is 5. The first kappa shape index (κ1) is 12.6. The van der Waals surface area contributed by atoms with Crippen molar-refractivity contribution in [2.24, 2.45) is 5.92 Å². The Kier molecular flexibility index (Phi) is 4.40. The van der Waals surface area contributed by atoms with Gasteiger partial charge in [-0.1, -0.05) is 13.8 Å². The SMILES string of the molecule is CNc1cc(NC)c(CC(C)C)c(NC)n1. The molecule has 0 aliphatic rings. The number of nitrogens with zero attached hydrogens (tertiary/aromatic N) is 1. The number of hydrogen-bond acceptors (Lipinski definition) is 4. The molecule has 0 saturated heterocycles. The van der Waals surface area contributed by atoms with Crippen LogP contribution in [-0.4, -0.2) is 26.1 Å². The van der Waals surface area contributed by atoms with Crippen molar-refractivity contribution in [3.8, 4) is 0 Å². The van der Waals surface area contributed by atoms with E-state index in [1.165, 1.54) is 5.56 Å². The highest BCUT2D eigenvalue weighted by Crippen LogP contribution is 2.28. The van der Waals surface area contributed by atoms with E-state index in [2.05, 4.69) is 34.8 Å². The van der Waals surface area contributed by atoms with Crippen molar-refractivity contribution >= 4 is 17.3 Å². The van der Waals surface area contributed by atoms with E-state index in [1.807, 2.05) is 27.2 Å². The first-order valence-electron chi connectivity index (χ1n) is 5.69. The Morgan fingerprint density at radius 1 is 1.12 bits per heavy atom. The maximum Gasteiger partial charge on any atom is 0.133 e. The molecule has 90 valence electrons. The molecule has 0 fully saturated rings. The van der Waals surface area contributed by atoms with Gasteiger partial charge < -0.3 is 16.0 Å². The minimum Gasteiger partial charge on any atom is -0.388 e. The Morgan fingerprint density at radius 3 is 2.25 bits per heavy atom. The molecule has 0 atom stereocenters. The summed E-state index contributed by atoms with van der Waals surface area (Å²) in [5, 5.41) is 9.46. The monoisotopic (exact) mass is 222 g/mol. The highest BCUT2D eigenvalue weighted by atomic mass is 15.1. The van der Waals surface area contributed by atoms with Crippen LogP contribution in [0, 0.1) is 5.92 Å². The van der Waals surface area contributed by atoms with E-state index in [9.17, 15) is 0 Å². The Bertz CT molecular complexity index is 322. The minimum atomic E-state index is 0.612. The predicted octanol–water partition coefficient (Wildman–Crippen LogP) is 2.41. The summed E-state index contributed by atoms with van der Waals surface area (Å²) in [5.41, 5.74) is 2.39. The number of aromatic nitrogens is 1. The van der Waals surface area contributed by atoms with Gasteiger partial charge in [-0.15, -0.1) is 0 Å². The van der Waals surface area contributed by atoms with E-state index in [1.54, 1.807) is 0 Å². The normalized spacial score (nSPS) is 10.4. The molecule has 0 bridgehead atoms. The van der Waals surface area contributed by atoms with E-state index in [0.717, 1.165) is 23.7 Å². The van der Waals surface area contributed by atoms with E-state index < -0.39 is 0 Å². The molecule has 1 heterocycles. The molecule has 1 rings (SSSR count). The second-order valence-corrected chi connectivity index (χ2v) is 4.23. The van der Waals surface area contributed by atoms with Gasteiger partial charge in [0.05, 0.1) is 0 Å². The van der Waals surface area contributed by atoms with Crippen molar-refractivity contribution < 1.29 is 0 Å². The van der Waals surface area contributed by atoms with Gasteiger partial charge in [-0.05, 0) is 12.3 Å². The van der Waals surface area contributed by atoms with Crippen LogP contribution in [0.15, 0.2) is 6.07 Å². The lowest BCUT2D eigenvalue weighted by atomic mass is 10.0. The number of anilines is 3. The van der Waals surface area contributed by atoms with Gasteiger partial charge in [0.1, 0.15) is 11.6 Å². The fourth-order valence-corrected chi connectivity index (χ4v) is 1.74. The van der Waals surface area contributed by atoms with Crippen LogP contribution < -0.4 is 16.0 Å². The van der Waals surface area contributed by atoms with Crippen LogP contribution in [0.2, 0.25) is 0 Å². The average Bonchev–Trinajstić information content (AvgIpc) is 2.28. The third-order valence-electron chi connectivity index (χ3n) is 2.50. The van der Waals surface area contributed by atoms with E-state index in [-0.39, 0.29) is 0 Å². The lowest BCUT2D eigenvalue weighted by Crippen LogP contribution is -2.08. The first-order chi connectivity index (χ1) is 7.62. The molecule has 0 amide bonds. The Morgan fingerprint density at radius 2 is 1.81 bits per heavy atom. The van der Waals surface area contributed by atoms with Crippen LogP contribution >= 0.6 is 0 Å². The van der Waals surface area contributed by atoms with Crippen molar-refractivity contribution in [1.29, 1.82) is 0 Å². The van der Waals surface area contributed by atoms with Crippen molar-refractivity contribution in [2.45, 2.75) is 20.3 Å². The van der Waals surface area contributed by atoms with Gasteiger partial charge in [-0.3, -0.25) is 0 Å². The Labute approximate surface area is 97.9 Å². The van der Waals surface area contributed by atoms with Crippen LogP contribution in [0.25, 0.3) is 0 Å². The summed E-state index contributed by atoms with van der Waals surface area (Å²) in [6.07, 6.45) is 1.02. The van der Waals surface area contributed by atoms with Crippen LogP contribution in [0.5, 0.6) is 0 Å². The highest BCUT2D eigenvalue weighted by molar-refractivity contribution is 5.67. The Hall–Kier alpha value is -1.45. The zero-order valence-corrected chi connectivity index (χ0v) is 10.8. The van der Waals surface area contributed by atoms with Crippen LogP contribution in [0.4, 0.5) is 17.3 Å². The predicted molar refractivity (Wildman–Crippen MR) is 71.4 cm³/mol. The highest BCUT2D eigenvalue weighted by Gasteiger charge is 2.11. The minimum absolute atomic E-state index is 0.612. The molecule has 0 radical (unpaired) electrons. The molecule has 0 unspecified atom stereocenters. The quantitative estimate of drug-likeness (QED) is 0.716. The topological polar surface area (TPSA) is 49.0 Å². The van der Waals surface area contributed by atoms with Gasteiger partial charge in [0, 0.05) is 38.5 Å². The molecule has 1 aromatic rings. The summed E-state index contributed by atoms with van der Waals surface area (Å²) in [6, 6.07) is 2.04. The molecule has 16 heavy (non-hydrogen) atoms. The second-order valence-electron chi connectivity index (χ2n) is 4.23. The van der Waals surface area contributed by atoms with E-state index in [4.69, 9.17) is 0 Å². The summed E-state index contributed by atoms with van der Waals surface area (Å²) < 4.78 is 0. The second kappa shape index (κ2) is 5.58. The first-order valence-corrected chi connectivity index (χ1v) is 5.69. The van der Waals surface area contributed by atoms with E-state index >= 15 is 0 Å². The fourth-order valence-electron chi connectivity index (χ4n) is 1.74. The molecular formula is C12H22N4. The molecule has 0 saturated carbocycles. The molecule has 0 aliphatic carbocycles. The number of nitrogens with one attached hydrogen (secondary N) is 3. The van der Waals surface area contributed by atoms with E-state index in [0.29, 0.717) is 5.92 Å². The average molecular weight is 222 g/mol. The van der Waals surface area contributed by atoms with Crippen LogP contribution in [-0.2, 0) is 6.42 Å². The molecule has 1 aromatic heterocycles. The smallest absolute Gasteiger partial charge is 0.133 e. The van der Waals surface area contributed by atoms with Crippen molar-refractivity contribution in [3.05, 3.63) is 11.6 Å². The summed E-state index contributed by atoms with van der Waals surface area (Å²) in [5.74, 6) is 2.44. The van der Waals surface area contributed by atoms with Gasteiger partial charge in [-0.2, -0.15) is 0 Å². The van der Waals surface area contributed by atoms with Crippen LogP contribution in [0.1, 0.15) is 19.4 Å². The molecule has 0 aliphatic heterocycles. The van der Waals surface area contributed by atoms with Gasteiger partial charge >= 0.3 is 0 Å². The van der Waals surface area contributed by atoms with Crippen molar-refractivity contribution in [2.75, 3.05) is 37.1 Å². The van der Waals surface area contributed by atoms with Gasteiger partial charge in [0.25, 0.3) is 0 Å². The summed E-state index contributed by atoms with van der Waals surface area (Å²) >= 11 is 0. The summed E-state index contributed by atoms with van der Waals surface area (Å²) in [4.78, 5) is 4.51. The third kappa shape index (κ3) is 2.78. The maximum absolute atomic E-state index is 4.51. The molecular weight excluding hydrogens is 200 g/mol. The maximum atomic E-state index is 4.51. The van der Waals surface area contributed by atoms with Gasteiger partial charge in [0.2, 0.25) is 0 Å². The zero-order chi connectivity index (χ0) is 12.1.